The highest BCUT2D eigenvalue weighted by Crippen LogP contribution is 2.28. The fraction of sp³-hybridized carbons (Fsp3) is 0.379. The molecule has 0 saturated heterocycles. The molecule has 2 aliphatic heterocycles. The summed E-state index contributed by atoms with van der Waals surface area (Å²) in [4.78, 5) is 14.4. The monoisotopic (exact) mass is 442 g/mol. The molecule has 0 bridgehead atoms. The van der Waals surface area contributed by atoms with Crippen LogP contribution in [-0.2, 0) is 19.3 Å². The van der Waals surface area contributed by atoms with Gasteiger partial charge >= 0.3 is 0 Å². The van der Waals surface area contributed by atoms with Gasteiger partial charge in [-0.3, -0.25) is 0 Å². The second-order valence-corrected chi connectivity index (χ2v) is 9.43. The molecule has 0 saturated carbocycles. The predicted molar refractivity (Wildman–Crippen MR) is 139 cm³/mol. The summed E-state index contributed by atoms with van der Waals surface area (Å²) in [5.41, 5.74) is 18.2. The molecule has 2 aliphatic rings. The molecule has 0 spiro atoms. The molecular formula is C29H38N4+2. The zero-order chi connectivity index (χ0) is 23.9. The third-order valence-electron chi connectivity index (χ3n) is 7.53. The van der Waals surface area contributed by atoms with E-state index in [2.05, 4.69) is 99.9 Å². The molecule has 2 aromatic rings. The van der Waals surface area contributed by atoms with Gasteiger partial charge < -0.3 is 9.97 Å². The van der Waals surface area contributed by atoms with E-state index in [1.807, 2.05) is 0 Å². The van der Waals surface area contributed by atoms with Gasteiger partial charge in [0.15, 0.2) is 12.4 Å². The molecule has 4 heterocycles. The van der Waals surface area contributed by atoms with E-state index in [4.69, 9.17) is 0 Å². The Hall–Kier alpha value is -3.14. The van der Waals surface area contributed by atoms with Crippen LogP contribution in [0.3, 0.4) is 0 Å². The van der Waals surface area contributed by atoms with E-state index in [0.29, 0.717) is 0 Å². The van der Waals surface area contributed by atoms with E-state index < -0.39 is 0 Å². The maximum Gasteiger partial charge on any atom is 0.209 e. The Labute approximate surface area is 198 Å². The Balaban J connectivity index is 1.71. The molecule has 33 heavy (non-hydrogen) atoms. The molecule has 2 aromatic heterocycles. The number of nitrogens with one attached hydrogen (secondary N) is 4. The summed E-state index contributed by atoms with van der Waals surface area (Å²) in [7, 11) is 0. The van der Waals surface area contributed by atoms with Crippen molar-refractivity contribution in [2.75, 3.05) is 0 Å². The number of aromatic nitrogens is 2. The average molecular weight is 443 g/mol. The number of hydrogen-bond acceptors (Lipinski definition) is 0. The highest BCUT2D eigenvalue weighted by molar-refractivity contribution is 5.80. The van der Waals surface area contributed by atoms with Crippen LogP contribution in [0.15, 0.2) is 33.7 Å². The van der Waals surface area contributed by atoms with Crippen LogP contribution in [-0.4, -0.2) is 22.4 Å². The number of allylic oxidation sites excluding steroid dienone is 4. The van der Waals surface area contributed by atoms with E-state index in [0.717, 1.165) is 19.3 Å². The number of hydrogen-bond donors (Lipinski definition) is 4. The molecule has 4 heteroatoms. The lowest BCUT2D eigenvalue weighted by molar-refractivity contribution is -0.381. The Morgan fingerprint density at radius 1 is 0.667 bits per heavy atom. The first-order valence-electron chi connectivity index (χ1n) is 12.1. The van der Waals surface area contributed by atoms with E-state index in [-0.39, 0.29) is 0 Å². The minimum absolute atomic E-state index is 0.890. The van der Waals surface area contributed by atoms with E-state index in [1.54, 1.807) is 0 Å². The van der Waals surface area contributed by atoms with Crippen molar-refractivity contribution < 1.29 is 9.98 Å². The van der Waals surface area contributed by atoms with Crippen molar-refractivity contribution in [3.05, 3.63) is 78.7 Å². The maximum atomic E-state index is 3.76. The fourth-order valence-corrected chi connectivity index (χ4v) is 4.98. The summed E-state index contributed by atoms with van der Waals surface area (Å²) in [6.45, 7) is 17.7. The second kappa shape index (κ2) is 9.01. The standard InChI is InChI=1S/C29H36N4/c1-9-22-20(7)26(11-24-18(5)16(3)14-30-24)32-28(22)13-29-23(10-2)21(8)27(33-29)12-25-19(6)17(4)15-31-25/h11-12,14-15,32-33H,9-10,13H2,1-8H3/p+2/b24-11-,25-12-. The largest absolute Gasteiger partial charge is 0.358 e. The van der Waals surface area contributed by atoms with Gasteiger partial charge in [-0.1, -0.05) is 13.8 Å². The van der Waals surface area contributed by atoms with Crippen molar-refractivity contribution in [1.29, 1.82) is 0 Å². The van der Waals surface area contributed by atoms with E-state index in [9.17, 15) is 0 Å². The van der Waals surface area contributed by atoms with Crippen molar-refractivity contribution >= 4 is 24.6 Å². The second-order valence-electron chi connectivity index (χ2n) is 9.43. The van der Waals surface area contributed by atoms with Crippen LogP contribution >= 0.6 is 0 Å². The topological polar surface area (TPSA) is 59.5 Å². The van der Waals surface area contributed by atoms with Gasteiger partial charge in [-0.15, -0.1) is 0 Å². The third kappa shape index (κ3) is 4.15. The molecule has 4 N–H and O–H groups in total. The Morgan fingerprint density at radius 2 is 1.06 bits per heavy atom. The SMILES string of the molecule is CCc1c(Cc2[nH]c(/C=C3\[NH+]=CC(C)=C3C)c(C)c2CC)[nH]c(/C=C2\[NH+]=CC(C)=C2C)c1C. The van der Waals surface area contributed by atoms with Crippen molar-refractivity contribution in [2.45, 2.75) is 74.7 Å². The van der Waals surface area contributed by atoms with Gasteiger partial charge in [0.25, 0.3) is 0 Å². The summed E-state index contributed by atoms with van der Waals surface area (Å²) in [5.74, 6) is 0. The van der Waals surface area contributed by atoms with Crippen LogP contribution in [0, 0.1) is 13.8 Å². The van der Waals surface area contributed by atoms with Gasteiger partial charge in [0.1, 0.15) is 0 Å². The molecule has 0 radical (unpaired) electrons. The summed E-state index contributed by atoms with van der Waals surface area (Å²) in [6, 6.07) is 0. The summed E-state index contributed by atoms with van der Waals surface area (Å²) < 4.78 is 0. The van der Waals surface area contributed by atoms with Crippen LogP contribution in [0.25, 0.3) is 12.2 Å². The molecule has 0 unspecified atom stereocenters. The Kier molecular flexibility index (Phi) is 6.29. The lowest BCUT2D eigenvalue weighted by Gasteiger charge is -2.05. The fourth-order valence-electron chi connectivity index (χ4n) is 4.98. The van der Waals surface area contributed by atoms with Crippen molar-refractivity contribution in [1.82, 2.24) is 9.97 Å². The molecule has 0 amide bonds. The smallest absolute Gasteiger partial charge is 0.209 e. The highest BCUT2D eigenvalue weighted by Gasteiger charge is 2.21. The van der Waals surface area contributed by atoms with Crippen LogP contribution in [0.5, 0.6) is 0 Å². The van der Waals surface area contributed by atoms with Crippen LogP contribution in [0.1, 0.15) is 86.6 Å². The summed E-state index contributed by atoms with van der Waals surface area (Å²) >= 11 is 0. The molecule has 0 aromatic carbocycles. The van der Waals surface area contributed by atoms with Gasteiger partial charge in [-0.25, -0.2) is 9.98 Å². The molecular weight excluding hydrogens is 404 g/mol. The van der Waals surface area contributed by atoms with Gasteiger partial charge in [0.05, 0.1) is 0 Å². The summed E-state index contributed by atoms with van der Waals surface area (Å²) in [5, 5.41) is 0. The first-order chi connectivity index (χ1) is 15.7. The quantitative estimate of drug-likeness (QED) is 0.530. The van der Waals surface area contributed by atoms with Crippen LogP contribution in [0.4, 0.5) is 0 Å². The number of aromatic amines is 2. The van der Waals surface area contributed by atoms with E-state index in [1.165, 1.54) is 78.7 Å². The lowest BCUT2D eigenvalue weighted by atomic mass is 10.0. The Bertz CT molecular complexity index is 1200. The third-order valence-corrected chi connectivity index (χ3v) is 7.53. The summed E-state index contributed by atoms with van der Waals surface area (Å²) in [6.07, 6.45) is 11.6. The Morgan fingerprint density at radius 3 is 1.36 bits per heavy atom. The zero-order valence-electron chi connectivity index (χ0n) is 21.4. The first kappa shape index (κ1) is 23.0. The maximum absolute atomic E-state index is 3.76. The minimum atomic E-state index is 0.890. The molecule has 4 rings (SSSR count). The van der Waals surface area contributed by atoms with E-state index >= 15 is 0 Å². The number of H-pyrrole nitrogens is 2. The molecule has 0 aliphatic carbocycles. The average Bonchev–Trinajstić information content (AvgIpc) is 3.47. The lowest BCUT2D eigenvalue weighted by Crippen LogP contribution is -2.64. The molecule has 4 nitrogen and oxygen atoms in total. The van der Waals surface area contributed by atoms with Gasteiger partial charge in [0, 0.05) is 63.6 Å². The number of rotatable bonds is 6. The molecule has 0 atom stereocenters. The van der Waals surface area contributed by atoms with Crippen molar-refractivity contribution in [3.63, 3.8) is 0 Å². The van der Waals surface area contributed by atoms with Crippen LogP contribution < -0.4 is 9.98 Å². The van der Waals surface area contributed by atoms with Crippen molar-refractivity contribution in [2.24, 2.45) is 0 Å². The van der Waals surface area contributed by atoms with Crippen molar-refractivity contribution in [3.8, 4) is 0 Å². The first-order valence-corrected chi connectivity index (χ1v) is 12.1. The van der Waals surface area contributed by atoms with Gasteiger partial charge in [-0.2, -0.15) is 0 Å². The molecule has 0 fully saturated rings. The predicted octanol–water partition coefficient (Wildman–Crippen LogP) is 3.36. The van der Waals surface area contributed by atoms with Gasteiger partial charge in [-0.05, 0) is 76.6 Å². The van der Waals surface area contributed by atoms with Gasteiger partial charge in [0.2, 0.25) is 11.4 Å². The normalized spacial score (nSPS) is 18.3. The zero-order valence-corrected chi connectivity index (χ0v) is 21.4. The minimum Gasteiger partial charge on any atom is -0.358 e. The highest BCUT2D eigenvalue weighted by atomic mass is 14.8. The molecule has 172 valence electrons. The van der Waals surface area contributed by atoms with Crippen LogP contribution in [0.2, 0.25) is 0 Å².